The number of benzene rings is 1. The zero-order valence-electron chi connectivity index (χ0n) is 9.32. The van der Waals surface area contributed by atoms with Crippen molar-refractivity contribution in [1.82, 2.24) is 5.32 Å². The molecule has 4 N–H and O–H groups in total. The van der Waals surface area contributed by atoms with Crippen molar-refractivity contribution >= 4 is 11.6 Å². The third kappa shape index (κ3) is 3.24. The predicted octanol–water partition coefficient (Wildman–Crippen LogP) is 1.17. The summed E-state index contributed by atoms with van der Waals surface area (Å²) in [7, 11) is 0. The van der Waals surface area contributed by atoms with Gasteiger partial charge in [-0.1, -0.05) is 18.2 Å². The number of guanidine groups is 1. The molecule has 1 aliphatic heterocycles. The summed E-state index contributed by atoms with van der Waals surface area (Å²) < 4.78 is 0. The molecule has 1 heterocycles. The summed E-state index contributed by atoms with van der Waals surface area (Å²) in [6, 6.07) is 10.3. The minimum Gasteiger partial charge on any atom is -0.370 e. The molecule has 0 radical (unpaired) electrons. The maximum atomic E-state index is 5.79. The summed E-state index contributed by atoms with van der Waals surface area (Å²) in [6.45, 7) is 1.86. The maximum absolute atomic E-state index is 5.79. The van der Waals surface area contributed by atoms with Gasteiger partial charge >= 0.3 is 0 Å². The topological polar surface area (TPSA) is 62.4 Å². The Kier molecular flexibility index (Phi) is 3.77. The highest BCUT2D eigenvalue weighted by Crippen LogP contribution is 2.06. The molecular formula is C12H18N4. The van der Waals surface area contributed by atoms with E-state index in [-0.39, 0.29) is 0 Å². The van der Waals surface area contributed by atoms with Crippen molar-refractivity contribution in [2.45, 2.75) is 18.9 Å². The predicted molar refractivity (Wildman–Crippen MR) is 67.6 cm³/mol. The largest absolute Gasteiger partial charge is 0.370 e. The van der Waals surface area contributed by atoms with E-state index in [1.165, 1.54) is 12.8 Å². The van der Waals surface area contributed by atoms with Gasteiger partial charge in [0.2, 0.25) is 0 Å². The molecule has 86 valence electrons. The average molecular weight is 218 g/mol. The minimum atomic E-state index is 0.486. The molecule has 0 bridgehead atoms. The van der Waals surface area contributed by atoms with E-state index in [9.17, 15) is 0 Å². The van der Waals surface area contributed by atoms with Gasteiger partial charge in [-0.05, 0) is 31.5 Å². The summed E-state index contributed by atoms with van der Waals surface area (Å²) in [5.41, 5.74) is 6.77. The summed E-state index contributed by atoms with van der Waals surface area (Å²) in [5, 5.41) is 6.45. The first-order valence-electron chi connectivity index (χ1n) is 5.70. The quantitative estimate of drug-likeness (QED) is 0.527. The van der Waals surface area contributed by atoms with Crippen LogP contribution in [0.1, 0.15) is 12.8 Å². The first-order valence-corrected chi connectivity index (χ1v) is 5.70. The molecule has 0 unspecified atom stereocenters. The third-order valence-electron chi connectivity index (χ3n) is 2.69. The molecule has 0 saturated carbocycles. The normalized spacial score (nSPS) is 21.0. The SMILES string of the molecule is NC(=NC[C@@H]1CCCN1)Nc1ccccc1. The van der Waals surface area contributed by atoms with Crippen LogP contribution in [0.5, 0.6) is 0 Å². The number of hydrogen-bond acceptors (Lipinski definition) is 2. The minimum absolute atomic E-state index is 0.486. The molecule has 0 aliphatic carbocycles. The number of nitrogens with zero attached hydrogens (tertiary/aromatic N) is 1. The van der Waals surface area contributed by atoms with Crippen molar-refractivity contribution in [3.8, 4) is 0 Å². The summed E-state index contributed by atoms with van der Waals surface area (Å²) in [5.74, 6) is 0.486. The Morgan fingerprint density at radius 1 is 1.44 bits per heavy atom. The average Bonchev–Trinajstić information content (AvgIpc) is 2.81. The zero-order valence-corrected chi connectivity index (χ0v) is 9.32. The van der Waals surface area contributed by atoms with Crippen LogP contribution in [0.15, 0.2) is 35.3 Å². The lowest BCUT2D eigenvalue weighted by molar-refractivity contribution is 0.617. The molecule has 4 heteroatoms. The lowest BCUT2D eigenvalue weighted by atomic mass is 10.2. The highest BCUT2D eigenvalue weighted by Gasteiger charge is 2.12. The molecule has 0 spiro atoms. The van der Waals surface area contributed by atoms with Crippen LogP contribution in [0.3, 0.4) is 0 Å². The van der Waals surface area contributed by atoms with E-state index in [1.807, 2.05) is 30.3 Å². The van der Waals surface area contributed by atoms with Gasteiger partial charge < -0.3 is 16.4 Å². The van der Waals surface area contributed by atoms with E-state index >= 15 is 0 Å². The molecule has 0 aromatic heterocycles. The fourth-order valence-electron chi connectivity index (χ4n) is 1.83. The number of rotatable bonds is 3. The number of para-hydroxylation sites is 1. The second-order valence-electron chi connectivity index (χ2n) is 4.01. The van der Waals surface area contributed by atoms with Crippen molar-refractivity contribution < 1.29 is 0 Å². The fraction of sp³-hybridized carbons (Fsp3) is 0.417. The van der Waals surface area contributed by atoms with Crippen molar-refractivity contribution in [2.75, 3.05) is 18.4 Å². The van der Waals surface area contributed by atoms with Crippen LogP contribution in [0.25, 0.3) is 0 Å². The lowest BCUT2D eigenvalue weighted by Crippen LogP contribution is -2.28. The lowest BCUT2D eigenvalue weighted by Gasteiger charge is -2.08. The van der Waals surface area contributed by atoms with Gasteiger partial charge in [0.25, 0.3) is 0 Å². The van der Waals surface area contributed by atoms with Crippen LogP contribution in [-0.2, 0) is 0 Å². The van der Waals surface area contributed by atoms with Gasteiger partial charge in [-0.25, -0.2) is 0 Å². The Hall–Kier alpha value is -1.55. The number of nitrogens with one attached hydrogen (secondary N) is 2. The first kappa shape index (κ1) is 11.0. The molecule has 1 aromatic rings. The smallest absolute Gasteiger partial charge is 0.193 e. The first-order chi connectivity index (χ1) is 7.84. The number of anilines is 1. The molecule has 1 fully saturated rings. The highest BCUT2D eigenvalue weighted by molar-refractivity contribution is 5.92. The van der Waals surface area contributed by atoms with E-state index in [1.54, 1.807) is 0 Å². The third-order valence-corrected chi connectivity index (χ3v) is 2.69. The van der Waals surface area contributed by atoms with Crippen LogP contribution >= 0.6 is 0 Å². The standard InChI is InChI=1S/C12H18N4/c13-12(15-9-11-7-4-8-14-11)16-10-5-2-1-3-6-10/h1-3,5-6,11,14H,4,7-9H2,(H3,13,15,16)/t11-/m0/s1. The summed E-state index contributed by atoms with van der Waals surface area (Å²) in [4.78, 5) is 4.32. The van der Waals surface area contributed by atoms with Gasteiger partial charge in [-0.2, -0.15) is 0 Å². The van der Waals surface area contributed by atoms with Crippen LogP contribution in [-0.4, -0.2) is 25.1 Å². The fourth-order valence-corrected chi connectivity index (χ4v) is 1.83. The summed E-state index contributed by atoms with van der Waals surface area (Å²) in [6.07, 6.45) is 2.44. The highest BCUT2D eigenvalue weighted by atomic mass is 15.1. The Bertz CT molecular complexity index is 341. The second kappa shape index (κ2) is 5.51. The Labute approximate surface area is 96.0 Å². The van der Waals surface area contributed by atoms with Crippen LogP contribution in [0, 0.1) is 0 Å². The Morgan fingerprint density at radius 2 is 2.25 bits per heavy atom. The number of nitrogens with two attached hydrogens (primary N) is 1. The molecule has 1 saturated heterocycles. The van der Waals surface area contributed by atoms with Gasteiger partial charge in [0, 0.05) is 11.7 Å². The maximum Gasteiger partial charge on any atom is 0.193 e. The van der Waals surface area contributed by atoms with Crippen molar-refractivity contribution in [1.29, 1.82) is 0 Å². The van der Waals surface area contributed by atoms with E-state index < -0.39 is 0 Å². The van der Waals surface area contributed by atoms with Gasteiger partial charge in [-0.3, -0.25) is 4.99 Å². The molecule has 4 nitrogen and oxygen atoms in total. The second-order valence-corrected chi connectivity index (χ2v) is 4.01. The number of aliphatic imine (C=N–C) groups is 1. The zero-order chi connectivity index (χ0) is 11.2. The molecule has 1 aromatic carbocycles. The van der Waals surface area contributed by atoms with Crippen LogP contribution in [0.2, 0.25) is 0 Å². The summed E-state index contributed by atoms with van der Waals surface area (Å²) >= 11 is 0. The van der Waals surface area contributed by atoms with E-state index in [0.717, 1.165) is 18.8 Å². The van der Waals surface area contributed by atoms with Gasteiger partial charge in [0.1, 0.15) is 0 Å². The molecule has 1 aliphatic rings. The van der Waals surface area contributed by atoms with Crippen molar-refractivity contribution in [2.24, 2.45) is 10.7 Å². The monoisotopic (exact) mass is 218 g/mol. The van der Waals surface area contributed by atoms with E-state index in [4.69, 9.17) is 5.73 Å². The van der Waals surface area contributed by atoms with E-state index in [0.29, 0.717) is 12.0 Å². The molecular weight excluding hydrogens is 200 g/mol. The van der Waals surface area contributed by atoms with Crippen LogP contribution < -0.4 is 16.4 Å². The van der Waals surface area contributed by atoms with Gasteiger partial charge in [0.05, 0.1) is 6.54 Å². The van der Waals surface area contributed by atoms with Crippen LogP contribution in [0.4, 0.5) is 5.69 Å². The van der Waals surface area contributed by atoms with E-state index in [2.05, 4.69) is 15.6 Å². The van der Waals surface area contributed by atoms with Gasteiger partial charge in [0.15, 0.2) is 5.96 Å². The molecule has 1 atom stereocenters. The van der Waals surface area contributed by atoms with Crippen molar-refractivity contribution in [3.05, 3.63) is 30.3 Å². The molecule has 0 amide bonds. The Morgan fingerprint density at radius 3 is 2.94 bits per heavy atom. The van der Waals surface area contributed by atoms with Crippen molar-refractivity contribution in [3.63, 3.8) is 0 Å². The number of hydrogen-bond donors (Lipinski definition) is 3. The molecule has 16 heavy (non-hydrogen) atoms. The van der Waals surface area contributed by atoms with Gasteiger partial charge in [-0.15, -0.1) is 0 Å². The molecule has 2 rings (SSSR count). The Balaban J connectivity index is 1.82.